The molecule has 1 aliphatic rings. The van der Waals surface area contributed by atoms with Crippen molar-refractivity contribution in [2.24, 2.45) is 0 Å². The molecule has 0 spiro atoms. The Bertz CT molecular complexity index is 1060. The Hall–Kier alpha value is -3.34. The number of ketones is 1. The highest BCUT2D eigenvalue weighted by Gasteiger charge is 2.46. The monoisotopic (exact) mass is 458 g/mol. The predicted octanol–water partition coefficient (Wildman–Crippen LogP) is 3.42. The third kappa shape index (κ3) is 4.41. The van der Waals surface area contributed by atoms with E-state index in [0.717, 1.165) is 0 Å². The van der Waals surface area contributed by atoms with Crippen LogP contribution in [0.5, 0.6) is 11.5 Å². The van der Waals surface area contributed by atoms with Crippen LogP contribution in [-0.4, -0.2) is 49.3 Å². The molecule has 0 saturated carbocycles. The lowest BCUT2D eigenvalue weighted by Gasteiger charge is -2.34. The third-order valence-corrected chi connectivity index (χ3v) is 4.55. The number of carbonyl (C=O) groups excluding carboxylic acids is 3. The highest BCUT2D eigenvalue weighted by atomic mass is 35.5. The van der Waals surface area contributed by atoms with Gasteiger partial charge in [-0.3, -0.25) is 14.5 Å². The summed E-state index contributed by atoms with van der Waals surface area (Å²) in [4.78, 5) is 41.7. The third-order valence-electron chi connectivity index (χ3n) is 4.34. The first-order valence-electron chi connectivity index (χ1n) is 8.60. The Morgan fingerprint density at radius 2 is 1.81 bits per heavy atom. The fraction of sp³-hybridized carbons (Fsp3) is 0.263. The smallest absolute Gasteiger partial charge is 0.491 e. The van der Waals surface area contributed by atoms with Gasteiger partial charge in [0, 0.05) is 5.56 Å². The van der Waals surface area contributed by atoms with Crippen molar-refractivity contribution in [3.63, 3.8) is 0 Å². The van der Waals surface area contributed by atoms with Gasteiger partial charge in [-0.15, -0.1) is 0 Å². The predicted molar refractivity (Wildman–Crippen MR) is 100 cm³/mol. The lowest BCUT2D eigenvalue weighted by molar-refractivity contribution is -0.204. The molecule has 1 unspecified atom stereocenters. The number of hydrogen-bond acceptors (Lipinski definition) is 7. The van der Waals surface area contributed by atoms with Crippen LogP contribution >= 0.6 is 11.6 Å². The molecule has 0 saturated heterocycles. The number of hydrogen-bond donors (Lipinski definition) is 0. The second kappa shape index (κ2) is 8.42. The van der Waals surface area contributed by atoms with E-state index in [9.17, 15) is 27.6 Å². The summed E-state index contributed by atoms with van der Waals surface area (Å²) in [6.07, 6.45) is -7.92. The number of ether oxygens (including phenoxy) is 3. The number of Topliss-reactive ketones (excluding diaryl/α,β-unsaturated/α-hetero) is 1. The minimum absolute atomic E-state index is 0.0483. The van der Waals surface area contributed by atoms with Gasteiger partial charge in [0.2, 0.25) is 0 Å². The van der Waals surface area contributed by atoms with Crippen LogP contribution < -0.4 is 14.4 Å². The molecule has 1 aliphatic heterocycles. The number of esters is 1. The number of amides is 1. The SMILES string of the molecule is COc1ccc(C(=O)N2c3nc(Cl)ccc3C(=O)CC2OC(=O)C(F)(F)F)cc1OC. The Balaban J connectivity index is 2.10. The maximum atomic E-state index is 13.3. The van der Waals surface area contributed by atoms with E-state index in [4.69, 9.17) is 21.1 Å². The van der Waals surface area contributed by atoms with Crippen molar-refractivity contribution in [1.82, 2.24) is 4.98 Å². The number of fused-ring (bicyclic) bond motifs is 1. The van der Waals surface area contributed by atoms with E-state index in [1.807, 2.05) is 0 Å². The highest BCUT2D eigenvalue weighted by molar-refractivity contribution is 6.29. The summed E-state index contributed by atoms with van der Waals surface area (Å²) < 4.78 is 53.0. The summed E-state index contributed by atoms with van der Waals surface area (Å²) >= 11 is 5.87. The average Bonchev–Trinajstić information content (AvgIpc) is 2.72. The van der Waals surface area contributed by atoms with Gasteiger partial charge in [-0.2, -0.15) is 13.2 Å². The molecule has 0 radical (unpaired) electrons. The van der Waals surface area contributed by atoms with Crippen LogP contribution in [0.25, 0.3) is 0 Å². The molecular formula is C19H14ClF3N2O6. The van der Waals surface area contributed by atoms with Gasteiger partial charge in [-0.1, -0.05) is 11.6 Å². The molecule has 0 N–H and O–H groups in total. The molecule has 2 heterocycles. The van der Waals surface area contributed by atoms with E-state index < -0.39 is 36.5 Å². The van der Waals surface area contributed by atoms with E-state index in [2.05, 4.69) is 9.72 Å². The zero-order valence-corrected chi connectivity index (χ0v) is 16.8. The lowest BCUT2D eigenvalue weighted by Crippen LogP contribution is -2.49. The zero-order valence-electron chi connectivity index (χ0n) is 16.0. The molecule has 8 nitrogen and oxygen atoms in total. The topological polar surface area (TPSA) is 95.0 Å². The van der Waals surface area contributed by atoms with Gasteiger partial charge in [0.05, 0.1) is 26.2 Å². The average molecular weight is 459 g/mol. The first kappa shape index (κ1) is 22.3. The molecule has 12 heteroatoms. The number of pyridine rings is 1. The zero-order chi connectivity index (χ0) is 22.9. The number of benzene rings is 1. The summed E-state index contributed by atoms with van der Waals surface area (Å²) in [5.41, 5.74) is -0.106. The van der Waals surface area contributed by atoms with Crippen molar-refractivity contribution in [2.45, 2.75) is 18.8 Å². The van der Waals surface area contributed by atoms with E-state index in [1.54, 1.807) is 0 Å². The summed E-state index contributed by atoms with van der Waals surface area (Å²) in [5.74, 6) is -3.98. The Morgan fingerprint density at radius 1 is 1.13 bits per heavy atom. The van der Waals surface area contributed by atoms with Crippen molar-refractivity contribution in [3.05, 3.63) is 46.6 Å². The normalized spacial score (nSPS) is 15.9. The molecular weight excluding hydrogens is 445 g/mol. The number of methoxy groups -OCH3 is 2. The molecule has 0 aliphatic carbocycles. The first-order chi connectivity index (χ1) is 14.6. The van der Waals surface area contributed by atoms with Gasteiger partial charge in [0.1, 0.15) is 5.15 Å². The van der Waals surface area contributed by atoms with Gasteiger partial charge in [0.15, 0.2) is 29.3 Å². The number of nitrogens with zero attached hydrogens (tertiary/aromatic N) is 2. The molecule has 31 heavy (non-hydrogen) atoms. The molecule has 0 fully saturated rings. The lowest BCUT2D eigenvalue weighted by atomic mass is 10.0. The second-order valence-electron chi connectivity index (χ2n) is 6.24. The molecule has 1 aromatic heterocycles. The quantitative estimate of drug-likeness (QED) is 0.511. The Morgan fingerprint density at radius 3 is 2.42 bits per heavy atom. The molecule has 1 amide bonds. The molecule has 3 rings (SSSR count). The Kier molecular flexibility index (Phi) is 6.07. The van der Waals surface area contributed by atoms with E-state index in [1.165, 1.54) is 44.6 Å². The van der Waals surface area contributed by atoms with Crippen LogP contribution in [0, 0.1) is 0 Å². The maximum Gasteiger partial charge on any atom is 0.491 e. The van der Waals surface area contributed by atoms with E-state index >= 15 is 0 Å². The standard InChI is InChI=1S/C19H14ClF3N2O6/c1-29-12-5-3-9(7-13(12)30-2)17(27)25-15(31-18(28)19(21,22)23)8-11(26)10-4-6-14(20)24-16(10)25/h3-7,15H,8H2,1-2H3. The van der Waals surface area contributed by atoms with Crippen molar-refractivity contribution >= 4 is 35.1 Å². The van der Waals surface area contributed by atoms with E-state index in [-0.39, 0.29) is 27.8 Å². The van der Waals surface area contributed by atoms with Gasteiger partial charge in [0.25, 0.3) is 5.91 Å². The van der Waals surface area contributed by atoms with Gasteiger partial charge in [-0.25, -0.2) is 9.78 Å². The molecule has 0 bridgehead atoms. The summed E-state index contributed by atoms with van der Waals surface area (Å²) in [6, 6.07) is 6.59. The molecule has 2 aromatic rings. The summed E-state index contributed by atoms with van der Waals surface area (Å²) in [5, 5.41) is -0.126. The highest BCUT2D eigenvalue weighted by Crippen LogP contribution is 2.35. The van der Waals surface area contributed by atoms with Crippen molar-refractivity contribution in [1.29, 1.82) is 0 Å². The van der Waals surface area contributed by atoms with E-state index in [0.29, 0.717) is 10.6 Å². The van der Waals surface area contributed by atoms with Crippen LogP contribution in [0.1, 0.15) is 27.1 Å². The minimum Gasteiger partial charge on any atom is -0.493 e. The van der Waals surface area contributed by atoms with Crippen molar-refractivity contribution in [2.75, 3.05) is 19.1 Å². The van der Waals surface area contributed by atoms with Gasteiger partial charge in [-0.05, 0) is 30.3 Å². The maximum absolute atomic E-state index is 13.3. The summed E-state index contributed by atoms with van der Waals surface area (Å²) in [7, 11) is 2.71. The Labute approximate surface area is 178 Å². The number of anilines is 1. The van der Waals surface area contributed by atoms with Crippen LogP contribution in [0.4, 0.5) is 19.0 Å². The summed E-state index contributed by atoms with van der Waals surface area (Å²) in [6.45, 7) is 0. The largest absolute Gasteiger partial charge is 0.493 e. The molecule has 164 valence electrons. The van der Waals surface area contributed by atoms with Crippen LogP contribution in [0.2, 0.25) is 5.15 Å². The van der Waals surface area contributed by atoms with Crippen LogP contribution in [0.3, 0.4) is 0 Å². The number of carbonyl (C=O) groups is 3. The van der Waals surface area contributed by atoms with Gasteiger partial charge >= 0.3 is 12.1 Å². The van der Waals surface area contributed by atoms with Crippen molar-refractivity contribution in [3.8, 4) is 11.5 Å². The van der Waals surface area contributed by atoms with Crippen molar-refractivity contribution < 1.29 is 41.8 Å². The molecule has 1 aromatic carbocycles. The molecule has 1 atom stereocenters. The number of aromatic nitrogens is 1. The van der Waals surface area contributed by atoms with Crippen LogP contribution in [-0.2, 0) is 9.53 Å². The fourth-order valence-electron chi connectivity index (χ4n) is 2.94. The second-order valence-corrected chi connectivity index (χ2v) is 6.62. The minimum atomic E-state index is -5.33. The van der Waals surface area contributed by atoms with Gasteiger partial charge < -0.3 is 14.2 Å². The fourth-order valence-corrected chi connectivity index (χ4v) is 3.09. The number of alkyl halides is 3. The number of rotatable bonds is 4. The van der Waals surface area contributed by atoms with Crippen LogP contribution in [0.15, 0.2) is 30.3 Å². The first-order valence-corrected chi connectivity index (χ1v) is 8.97. The number of halogens is 4.